The third-order valence-electron chi connectivity index (χ3n) is 4.49. The lowest BCUT2D eigenvalue weighted by Crippen LogP contribution is -2.59. The van der Waals surface area contributed by atoms with Gasteiger partial charge in [-0.1, -0.05) is 35.9 Å². The van der Waals surface area contributed by atoms with E-state index in [1.807, 2.05) is 6.92 Å². The van der Waals surface area contributed by atoms with E-state index < -0.39 is 29.7 Å². The quantitative estimate of drug-likeness (QED) is 0.746. The average molecular weight is 392 g/mol. The molecule has 1 fully saturated rings. The Morgan fingerprint density at radius 1 is 1.07 bits per heavy atom. The summed E-state index contributed by atoms with van der Waals surface area (Å²) in [5.74, 6) is -4.00. The van der Waals surface area contributed by atoms with Gasteiger partial charge in [-0.15, -0.1) is 0 Å². The SMILES string of the molecule is C/C=C(/Nc1ccc(C(=O)[O-])cc1)[C@@H]1C(=O)NC(=O)N(c2ccc(C)cc2)C1=O. The van der Waals surface area contributed by atoms with E-state index in [0.717, 1.165) is 10.5 Å². The topological polar surface area (TPSA) is 119 Å². The number of carbonyl (C=O) groups excluding carboxylic acids is 4. The molecular weight excluding hydrogens is 374 g/mol. The number of allylic oxidation sites excluding steroid dienone is 1. The van der Waals surface area contributed by atoms with E-state index in [1.165, 1.54) is 24.3 Å². The summed E-state index contributed by atoms with van der Waals surface area (Å²) in [7, 11) is 0. The second kappa shape index (κ2) is 7.97. The summed E-state index contributed by atoms with van der Waals surface area (Å²) in [6.07, 6.45) is 1.55. The van der Waals surface area contributed by atoms with Crippen molar-refractivity contribution in [2.24, 2.45) is 5.92 Å². The van der Waals surface area contributed by atoms with Crippen LogP contribution in [0.3, 0.4) is 0 Å². The van der Waals surface area contributed by atoms with Gasteiger partial charge in [0.25, 0.3) is 5.91 Å². The van der Waals surface area contributed by atoms with Crippen LogP contribution in [0.4, 0.5) is 16.2 Å². The Morgan fingerprint density at radius 3 is 2.24 bits per heavy atom. The molecule has 0 spiro atoms. The van der Waals surface area contributed by atoms with Gasteiger partial charge in [0.2, 0.25) is 5.91 Å². The fraction of sp³-hybridized carbons (Fsp3) is 0.143. The molecule has 0 aromatic heterocycles. The van der Waals surface area contributed by atoms with Gasteiger partial charge in [0.15, 0.2) is 5.92 Å². The molecule has 29 heavy (non-hydrogen) atoms. The number of carboxylic acids is 1. The first-order valence-corrected chi connectivity index (χ1v) is 8.82. The summed E-state index contributed by atoms with van der Waals surface area (Å²) < 4.78 is 0. The van der Waals surface area contributed by atoms with Crippen molar-refractivity contribution in [2.45, 2.75) is 13.8 Å². The molecule has 1 heterocycles. The molecule has 2 aromatic carbocycles. The van der Waals surface area contributed by atoms with Crippen LogP contribution in [0.15, 0.2) is 60.3 Å². The summed E-state index contributed by atoms with van der Waals surface area (Å²) >= 11 is 0. The number of nitrogens with one attached hydrogen (secondary N) is 2. The van der Waals surface area contributed by atoms with Gasteiger partial charge in [-0.3, -0.25) is 14.9 Å². The number of aryl methyl sites for hydroxylation is 1. The number of hydrogen-bond acceptors (Lipinski definition) is 6. The van der Waals surface area contributed by atoms with Crippen molar-refractivity contribution in [1.29, 1.82) is 0 Å². The highest BCUT2D eigenvalue weighted by molar-refractivity contribution is 6.29. The molecule has 8 heteroatoms. The lowest BCUT2D eigenvalue weighted by atomic mass is 9.99. The van der Waals surface area contributed by atoms with Crippen LogP contribution in [0.25, 0.3) is 0 Å². The zero-order valence-electron chi connectivity index (χ0n) is 15.8. The van der Waals surface area contributed by atoms with Crippen LogP contribution < -0.4 is 20.6 Å². The van der Waals surface area contributed by atoms with Gasteiger partial charge in [0, 0.05) is 11.4 Å². The van der Waals surface area contributed by atoms with Crippen molar-refractivity contribution in [3.05, 3.63) is 71.4 Å². The molecule has 1 aliphatic heterocycles. The zero-order valence-corrected chi connectivity index (χ0v) is 15.8. The van der Waals surface area contributed by atoms with E-state index in [-0.39, 0.29) is 11.3 Å². The number of urea groups is 1. The first kappa shape index (κ1) is 19.8. The average Bonchev–Trinajstić information content (AvgIpc) is 2.68. The molecule has 3 rings (SSSR count). The Balaban J connectivity index is 1.88. The van der Waals surface area contributed by atoms with E-state index in [9.17, 15) is 24.3 Å². The number of carbonyl (C=O) groups is 4. The molecule has 1 aliphatic rings. The van der Waals surface area contributed by atoms with Gasteiger partial charge in [0.05, 0.1) is 11.7 Å². The smallest absolute Gasteiger partial charge is 0.335 e. The molecule has 0 aliphatic carbocycles. The Bertz CT molecular complexity index is 1010. The maximum atomic E-state index is 13.0. The zero-order chi connectivity index (χ0) is 21.1. The highest BCUT2D eigenvalue weighted by atomic mass is 16.4. The largest absolute Gasteiger partial charge is 0.545 e. The molecule has 0 unspecified atom stereocenters. The normalized spacial score (nSPS) is 17.2. The number of nitrogens with zero attached hydrogens (tertiary/aromatic N) is 1. The second-order valence-corrected chi connectivity index (χ2v) is 6.47. The Hall–Kier alpha value is -3.94. The second-order valence-electron chi connectivity index (χ2n) is 6.47. The molecule has 0 radical (unpaired) electrons. The number of hydrogen-bond donors (Lipinski definition) is 2. The summed E-state index contributed by atoms with van der Waals surface area (Å²) in [4.78, 5) is 49.6. The molecule has 1 saturated heterocycles. The Labute approximate surface area is 166 Å². The third-order valence-corrected chi connectivity index (χ3v) is 4.49. The van der Waals surface area contributed by atoms with Crippen molar-refractivity contribution < 1.29 is 24.3 Å². The molecule has 2 N–H and O–H groups in total. The van der Waals surface area contributed by atoms with E-state index in [0.29, 0.717) is 11.4 Å². The maximum Gasteiger partial charge on any atom is 0.335 e. The minimum absolute atomic E-state index is 0.000191. The highest BCUT2D eigenvalue weighted by Gasteiger charge is 2.43. The van der Waals surface area contributed by atoms with Crippen LogP contribution in [-0.4, -0.2) is 23.8 Å². The molecule has 4 amide bonds. The van der Waals surface area contributed by atoms with E-state index >= 15 is 0 Å². The fourth-order valence-electron chi connectivity index (χ4n) is 2.95. The van der Waals surface area contributed by atoms with Crippen molar-refractivity contribution >= 4 is 35.2 Å². The van der Waals surface area contributed by atoms with E-state index in [1.54, 1.807) is 37.3 Å². The fourth-order valence-corrected chi connectivity index (χ4v) is 2.95. The first-order valence-electron chi connectivity index (χ1n) is 8.82. The maximum absolute atomic E-state index is 13.0. The van der Waals surface area contributed by atoms with Crippen LogP contribution in [0.2, 0.25) is 0 Å². The summed E-state index contributed by atoms with van der Waals surface area (Å²) in [6, 6.07) is 11.6. The number of anilines is 2. The molecule has 148 valence electrons. The van der Waals surface area contributed by atoms with Crippen LogP contribution >= 0.6 is 0 Å². The van der Waals surface area contributed by atoms with Crippen molar-refractivity contribution in [3.8, 4) is 0 Å². The third kappa shape index (κ3) is 4.01. The number of aromatic carboxylic acids is 1. The van der Waals surface area contributed by atoms with Gasteiger partial charge < -0.3 is 15.2 Å². The highest BCUT2D eigenvalue weighted by Crippen LogP contribution is 2.26. The molecule has 8 nitrogen and oxygen atoms in total. The first-order chi connectivity index (χ1) is 13.8. The summed E-state index contributed by atoms with van der Waals surface area (Å²) in [6.45, 7) is 3.52. The van der Waals surface area contributed by atoms with Crippen LogP contribution in [-0.2, 0) is 9.59 Å². The predicted molar refractivity (Wildman–Crippen MR) is 104 cm³/mol. The number of carboxylic acid groups (broad SMARTS) is 1. The lowest BCUT2D eigenvalue weighted by molar-refractivity contribution is -0.255. The van der Waals surface area contributed by atoms with E-state index in [2.05, 4.69) is 10.6 Å². The van der Waals surface area contributed by atoms with Gasteiger partial charge in [-0.05, 0) is 43.7 Å². The molecular formula is C21H18N3O5-. The van der Waals surface area contributed by atoms with Gasteiger partial charge >= 0.3 is 6.03 Å². The van der Waals surface area contributed by atoms with Crippen LogP contribution in [0.5, 0.6) is 0 Å². The summed E-state index contributed by atoms with van der Waals surface area (Å²) in [5, 5.41) is 16.0. The van der Waals surface area contributed by atoms with Crippen molar-refractivity contribution in [1.82, 2.24) is 5.32 Å². The molecule has 1 atom stereocenters. The van der Waals surface area contributed by atoms with Gasteiger partial charge in [-0.2, -0.15) is 0 Å². The predicted octanol–water partition coefficient (Wildman–Crippen LogP) is 1.57. The number of amides is 4. The monoisotopic (exact) mass is 392 g/mol. The van der Waals surface area contributed by atoms with Gasteiger partial charge in [0.1, 0.15) is 0 Å². The number of barbiturate groups is 1. The number of imide groups is 2. The lowest BCUT2D eigenvalue weighted by Gasteiger charge is -2.31. The Morgan fingerprint density at radius 2 is 1.69 bits per heavy atom. The standard InChI is InChI=1S/C21H19N3O5/c1-3-16(22-14-8-6-13(7-9-14)20(27)28)17-18(25)23-21(29)24(19(17)26)15-10-4-12(2)5-11-15/h3-11,17,22H,1-2H3,(H,27,28)(H,23,25,29)/p-1/b16-3+/t17-/m1/s1. The van der Waals surface area contributed by atoms with Crippen LogP contribution in [0.1, 0.15) is 22.8 Å². The van der Waals surface area contributed by atoms with Crippen LogP contribution in [0, 0.1) is 12.8 Å². The van der Waals surface area contributed by atoms with E-state index in [4.69, 9.17) is 0 Å². The molecule has 0 saturated carbocycles. The number of benzene rings is 2. The van der Waals surface area contributed by atoms with Gasteiger partial charge in [-0.25, -0.2) is 9.69 Å². The summed E-state index contributed by atoms with van der Waals surface area (Å²) in [5.41, 5.74) is 2.05. The van der Waals surface area contributed by atoms with Crippen molar-refractivity contribution in [2.75, 3.05) is 10.2 Å². The molecule has 2 aromatic rings. The molecule has 0 bridgehead atoms. The van der Waals surface area contributed by atoms with Crippen molar-refractivity contribution in [3.63, 3.8) is 0 Å². The Kier molecular flexibility index (Phi) is 5.45. The number of rotatable bonds is 5. The minimum atomic E-state index is -1.31. The minimum Gasteiger partial charge on any atom is -0.545 e.